The lowest BCUT2D eigenvalue weighted by molar-refractivity contribution is -0.158. The molecule has 1 aliphatic rings. The molecule has 0 aliphatic carbocycles. The lowest BCUT2D eigenvalue weighted by atomic mass is 10.2. The molecule has 0 aromatic rings. The number of nitrogens with zero attached hydrogens (tertiary/aromatic N) is 4. The van der Waals surface area contributed by atoms with Gasteiger partial charge in [-0.3, -0.25) is 38.8 Å². The van der Waals surface area contributed by atoms with E-state index >= 15 is 0 Å². The highest BCUT2D eigenvalue weighted by molar-refractivity contribution is 5.83. The van der Waals surface area contributed by atoms with Gasteiger partial charge in [-0.05, 0) is 75.2 Å². The normalized spacial score (nSPS) is 17.0. The van der Waals surface area contributed by atoms with Crippen molar-refractivity contribution in [3.63, 3.8) is 0 Å². The maximum atomic E-state index is 12.8. The van der Waals surface area contributed by atoms with Crippen LogP contribution >= 0.6 is 0 Å². The van der Waals surface area contributed by atoms with E-state index in [-0.39, 0.29) is 50.0 Å². The summed E-state index contributed by atoms with van der Waals surface area (Å²) >= 11 is 0. The monoisotopic (exact) mass is 716 g/mol. The van der Waals surface area contributed by atoms with Gasteiger partial charge in [0, 0.05) is 52.4 Å². The minimum Gasteiger partial charge on any atom is -0.459 e. The number of carbonyl (C=O) groups excluding carboxylic acids is 5. The maximum Gasteiger partial charge on any atom is 0.320 e. The van der Waals surface area contributed by atoms with Crippen LogP contribution in [0.4, 0.5) is 0 Å². The van der Waals surface area contributed by atoms with Gasteiger partial charge in [0.1, 0.15) is 23.1 Å². The molecule has 13 heteroatoms. The van der Waals surface area contributed by atoms with Gasteiger partial charge in [0.15, 0.2) is 0 Å². The van der Waals surface area contributed by atoms with Crippen molar-refractivity contribution in [1.29, 1.82) is 0 Å². The standard InChI is InChI=1S/C31H57N5O8.C4H10.C2H6/c1-24(28(41)32-11-20-37)36-18-16-34(22-26(39)43-30(5,6)7)14-12-33(21-25(38)42-29(2,3)4)13-15-35(17-19-36)23-27(40)44-31(8,9)10;1-4(2)3;1-2/h20,24H,11-19,21-23H2,1-10H3,(H,32,41);4H,1-3H3;1-2H3. The molecule has 1 atom stereocenters. The summed E-state index contributed by atoms with van der Waals surface area (Å²) in [4.78, 5) is 69.9. The average molecular weight is 716 g/mol. The van der Waals surface area contributed by atoms with Crippen LogP contribution in [0.1, 0.15) is 104 Å². The van der Waals surface area contributed by atoms with Crippen LogP contribution in [0.15, 0.2) is 0 Å². The van der Waals surface area contributed by atoms with E-state index in [1.165, 1.54) is 0 Å². The summed E-state index contributed by atoms with van der Waals surface area (Å²) in [5.41, 5.74) is -1.91. The Balaban J connectivity index is 0. The summed E-state index contributed by atoms with van der Waals surface area (Å²) in [5, 5.41) is 2.62. The number of amides is 1. The number of esters is 3. The third-order valence-corrected chi connectivity index (χ3v) is 6.48. The lowest BCUT2D eigenvalue weighted by Crippen LogP contribution is -2.53. The molecule has 1 saturated heterocycles. The molecule has 1 heterocycles. The van der Waals surface area contributed by atoms with E-state index < -0.39 is 22.8 Å². The molecule has 0 spiro atoms. The van der Waals surface area contributed by atoms with Crippen molar-refractivity contribution in [1.82, 2.24) is 24.9 Å². The van der Waals surface area contributed by atoms with Gasteiger partial charge in [0.25, 0.3) is 0 Å². The topological polar surface area (TPSA) is 138 Å². The fraction of sp³-hybridized carbons (Fsp3) is 0.865. The van der Waals surface area contributed by atoms with Crippen molar-refractivity contribution in [2.24, 2.45) is 5.92 Å². The second-order valence-electron chi connectivity index (χ2n) is 15.9. The van der Waals surface area contributed by atoms with Crippen molar-refractivity contribution in [3.8, 4) is 0 Å². The zero-order valence-electron chi connectivity index (χ0n) is 34.3. The second-order valence-corrected chi connectivity index (χ2v) is 15.9. The molecule has 13 nitrogen and oxygen atoms in total. The number of carbonyl (C=O) groups is 5. The third-order valence-electron chi connectivity index (χ3n) is 6.48. The number of rotatable bonds is 10. The molecule has 0 aromatic carbocycles. The van der Waals surface area contributed by atoms with Crippen LogP contribution < -0.4 is 5.32 Å². The van der Waals surface area contributed by atoms with Crippen LogP contribution in [0.3, 0.4) is 0 Å². The summed E-state index contributed by atoms with van der Waals surface area (Å²) in [6.07, 6.45) is 0.634. The lowest BCUT2D eigenvalue weighted by Gasteiger charge is -2.36. The van der Waals surface area contributed by atoms with Gasteiger partial charge in [-0.15, -0.1) is 0 Å². The highest BCUT2D eigenvalue weighted by Crippen LogP contribution is 2.12. The number of nitrogens with one attached hydrogen (secondary N) is 1. The molecule has 1 unspecified atom stereocenters. The van der Waals surface area contributed by atoms with Gasteiger partial charge in [-0.25, -0.2) is 0 Å². The Morgan fingerprint density at radius 1 is 0.580 bits per heavy atom. The van der Waals surface area contributed by atoms with Crippen molar-refractivity contribution >= 4 is 30.1 Å². The van der Waals surface area contributed by atoms with Crippen LogP contribution in [0.2, 0.25) is 0 Å². The first kappa shape index (κ1) is 49.5. The molecule has 1 rings (SSSR count). The van der Waals surface area contributed by atoms with Gasteiger partial charge >= 0.3 is 17.9 Å². The van der Waals surface area contributed by atoms with Crippen molar-refractivity contribution in [2.75, 3.05) is 78.5 Å². The average Bonchev–Trinajstić information content (AvgIpc) is 2.93. The van der Waals surface area contributed by atoms with Gasteiger partial charge in [0.05, 0.1) is 32.2 Å². The first-order valence-corrected chi connectivity index (χ1v) is 18.2. The number of ether oxygens (including phenoxy) is 3. The van der Waals surface area contributed by atoms with Gasteiger partial charge < -0.3 is 24.3 Å². The SMILES string of the molecule is CC.CC(C(=O)NCC=O)N1CCN(CC(=O)OC(C)(C)C)CCN(CC(=O)OC(C)(C)C)CCN(CC(=O)OC(C)(C)C)CC1.CC(C)C. The molecule has 0 aromatic heterocycles. The summed E-state index contributed by atoms with van der Waals surface area (Å²) in [6.45, 7) is 32.2. The predicted molar refractivity (Wildman–Crippen MR) is 199 cm³/mol. The Morgan fingerprint density at radius 2 is 0.840 bits per heavy atom. The van der Waals surface area contributed by atoms with E-state index in [9.17, 15) is 24.0 Å². The first-order chi connectivity index (χ1) is 22.9. The van der Waals surface area contributed by atoms with Crippen LogP contribution in [0.5, 0.6) is 0 Å². The molecule has 294 valence electrons. The smallest absolute Gasteiger partial charge is 0.320 e. The molecule has 1 aliphatic heterocycles. The van der Waals surface area contributed by atoms with Crippen molar-refractivity contribution in [2.45, 2.75) is 127 Å². The molecular formula is C37H73N5O8. The van der Waals surface area contributed by atoms with Crippen LogP contribution in [0, 0.1) is 5.92 Å². The zero-order chi connectivity index (χ0) is 39.3. The molecule has 50 heavy (non-hydrogen) atoms. The Labute approximate surface area is 304 Å². The molecule has 1 fully saturated rings. The molecule has 0 saturated carbocycles. The quantitative estimate of drug-likeness (QED) is 0.201. The molecule has 0 bridgehead atoms. The third kappa shape index (κ3) is 28.1. The largest absolute Gasteiger partial charge is 0.459 e. The fourth-order valence-corrected chi connectivity index (χ4v) is 4.54. The zero-order valence-corrected chi connectivity index (χ0v) is 34.3. The second kappa shape index (κ2) is 24.6. The molecule has 1 N–H and O–H groups in total. The maximum absolute atomic E-state index is 12.8. The van der Waals surface area contributed by atoms with Crippen LogP contribution in [0.25, 0.3) is 0 Å². The fourth-order valence-electron chi connectivity index (χ4n) is 4.54. The van der Waals surface area contributed by atoms with E-state index in [4.69, 9.17) is 14.2 Å². The van der Waals surface area contributed by atoms with Crippen LogP contribution in [-0.2, 0) is 38.2 Å². The minimum absolute atomic E-state index is 0.0435. The summed E-state index contributed by atoms with van der Waals surface area (Å²) in [5.74, 6) is -0.543. The Morgan fingerprint density at radius 3 is 1.08 bits per heavy atom. The highest BCUT2D eigenvalue weighted by Gasteiger charge is 2.28. The highest BCUT2D eigenvalue weighted by atomic mass is 16.6. The van der Waals surface area contributed by atoms with E-state index in [0.29, 0.717) is 58.6 Å². The van der Waals surface area contributed by atoms with E-state index in [1.54, 1.807) is 6.92 Å². The molecule has 0 radical (unpaired) electrons. The van der Waals surface area contributed by atoms with Gasteiger partial charge in [-0.1, -0.05) is 34.6 Å². The van der Waals surface area contributed by atoms with Crippen molar-refractivity contribution in [3.05, 3.63) is 0 Å². The summed E-state index contributed by atoms with van der Waals surface area (Å²) < 4.78 is 16.7. The van der Waals surface area contributed by atoms with E-state index in [0.717, 1.165) is 5.92 Å². The minimum atomic E-state index is -0.638. The molecular weight excluding hydrogens is 642 g/mol. The van der Waals surface area contributed by atoms with Crippen LogP contribution in [-0.4, -0.2) is 151 Å². The van der Waals surface area contributed by atoms with Crippen molar-refractivity contribution < 1.29 is 38.2 Å². The Bertz CT molecular complexity index is 953. The number of hydrogen-bond acceptors (Lipinski definition) is 12. The number of aldehydes is 1. The van der Waals surface area contributed by atoms with E-state index in [1.807, 2.05) is 95.8 Å². The number of hydrogen-bond donors (Lipinski definition) is 1. The van der Waals surface area contributed by atoms with E-state index in [2.05, 4.69) is 26.1 Å². The predicted octanol–water partition coefficient (Wildman–Crippen LogP) is 3.63. The van der Waals surface area contributed by atoms with Gasteiger partial charge in [0.2, 0.25) is 5.91 Å². The Hall–Kier alpha value is -2.61. The summed E-state index contributed by atoms with van der Waals surface area (Å²) in [7, 11) is 0. The molecule has 1 amide bonds. The first-order valence-electron chi connectivity index (χ1n) is 18.2. The summed E-state index contributed by atoms with van der Waals surface area (Å²) in [6, 6.07) is -0.562. The van der Waals surface area contributed by atoms with Gasteiger partial charge in [-0.2, -0.15) is 0 Å². The Kier molecular flexibility index (Phi) is 24.3.